The van der Waals surface area contributed by atoms with Gasteiger partial charge in [0.1, 0.15) is 5.75 Å². The minimum Gasteiger partial charge on any atom is -0.497 e. The van der Waals surface area contributed by atoms with Crippen molar-refractivity contribution >= 4 is 22.2 Å². The zero-order chi connectivity index (χ0) is 14.5. The SMILES string of the molecule is COc1ccc(N(C)c2ncc(CNC(C)C)s2)cc1. The molecule has 4 nitrogen and oxygen atoms in total. The van der Waals surface area contributed by atoms with Crippen molar-refractivity contribution in [3.05, 3.63) is 35.3 Å². The lowest BCUT2D eigenvalue weighted by Gasteiger charge is -2.16. The van der Waals surface area contributed by atoms with Gasteiger partial charge in [0.05, 0.1) is 7.11 Å². The van der Waals surface area contributed by atoms with Gasteiger partial charge < -0.3 is 15.0 Å². The highest BCUT2D eigenvalue weighted by Gasteiger charge is 2.09. The fourth-order valence-electron chi connectivity index (χ4n) is 1.75. The van der Waals surface area contributed by atoms with Crippen LogP contribution in [0.15, 0.2) is 30.5 Å². The van der Waals surface area contributed by atoms with Gasteiger partial charge in [0.15, 0.2) is 5.13 Å². The van der Waals surface area contributed by atoms with Crippen molar-refractivity contribution in [1.82, 2.24) is 10.3 Å². The summed E-state index contributed by atoms with van der Waals surface area (Å²) >= 11 is 1.71. The second kappa shape index (κ2) is 6.72. The molecule has 5 heteroatoms. The Hall–Kier alpha value is -1.59. The standard InChI is InChI=1S/C15H21N3OS/c1-11(2)16-9-14-10-17-15(20-14)18(3)12-5-7-13(19-4)8-6-12/h5-8,10-11,16H,9H2,1-4H3. The second-order valence-electron chi connectivity index (χ2n) is 4.90. The minimum atomic E-state index is 0.486. The number of rotatable bonds is 6. The van der Waals surface area contributed by atoms with Crippen LogP contribution in [-0.2, 0) is 6.54 Å². The first-order valence-corrected chi connectivity index (χ1v) is 7.47. The molecule has 1 aromatic carbocycles. The fourth-order valence-corrected chi connectivity index (χ4v) is 2.60. The molecule has 0 unspecified atom stereocenters. The molecule has 1 aromatic heterocycles. The quantitative estimate of drug-likeness (QED) is 0.885. The summed E-state index contributed by atoms with van der Waals surface area (Å²) in [6.45, 7) is 5.16. The molecule has 0 aliphatic carbocycles. The number of thiazole rings is 1. The van der Waals surface area contributed by atoms with E-state index in [0.29, 0.717) is 6.04 Å². The van der Waals surface area contributed by atoms with Crippen LogP contribution in [0.5, 0.6) is 5.75 Å². The molecule has 0 radical (unpaired) electrons. The topological polar surface area (TPSA) is 37.4 Å². The van der Waals surface area contributed by atoms with Gasteiger partial charge in [-0.05, 0) is 24.3 Å². The van der Waals surface area contributed by atoms with Crippen molar-refractivity contribution < 1.29 is 4.74 Å². The van der Waals surface area contributed by atoms with E-state index in [4.69, 9.17) is 4.74 Å². The summed E-state index contributed by atoms with van der Waals surface area (Å²) in [4.78, 5) is 7.82. The monoisotopic (exact) mass is 291 g/mol. The number of nitrogens with zero attached hydrogens (tertiary/aromatic N) is 2. The Labute approximate surface area is 124 Å². The third-order valence-corrected chi connectivity index (χ3v) is 4.05. The molecular weight excluding hydrogens is 270 g/mol. The molecule has 2 aromatic rings. The lowest BCUT2D eigenvalue weighted by molar-refractivity contribution is 0.415. The van der Waals surface area contributed by atoms with Crippen molar-refractivity contribution in [1.29, 1.82) is 0 Å². The number of hydrogen-bond donors (Lipinski definition) is 1. The van der Waals surface area contributed by atoms with Gasteiger partial charge in [-0.3, -0.25) is 0 Å². The van der Waals surface area contributed by atoms with Crippen LogP contribution in [0.3, 0.4) is 0 Å². The Bertz CT molecular complexity index is 536. The molecule has 0 bridgehead atoms. The lowest BCUT2D eigenvalue weighted by atomic mass is 10.3. The van der Waals surface area contributed by atoms with Gasteiger partial charge in [0, 0.05) is 36.4 Å². The first-order valence-electron chi connectivity index (χ1n) is 6.66. The summed E-state index contributed by atoms with van der Waals surface area (Å²) in [5, 5.41) is 4.40. The van der Waals surface area contributed by atoms with Crippen LogP contribution < -0.4 is 15.0 Å². The molecule has 1 N–H and O–H groups in total. The third kappa shape index (κ3) is 3.71. The van der Waals surface area contributed by atoms with Crippen molar-refractivity contribution in [3.8, 4) is 5.75 Å². The number of anilines is 2. The number of nitrogens with one attached hydrogen (secondary N) is 1. The molecule has 0 fully saturated rings. The molecular formula is C15H21N3OS. The van der Waals surface area contributed by atoms with E-state index in [9.17, 15) is 0 Å². The van der Waals surface area contributed by atoms with Gasteiger partial charge in [-0.2, -0.15) is 0 Å². The number of aromatic nitrogens is 1. The maximum atomic E-state index is 5.17. The van der Waals surface area contributed by atoms with Gasteiger partial charge in [-0.15, -0.1) is 11.3 Å². The van der Waals surface area contributed by atoms with E-state index in [-0.39, 0.29) is 0 Å². The van der Waals surface area contributed by atoms with Crippen molar-refractivity contribution in [2.24, 2.45) is 0 Å². The summed E-state index contributed by atoms with van der Waals surface area (Å²) in [6, 6.07) is 8.47. The zero-order valence-corrected chi connectivity index (χ0v) is 13.2. The third-order valence-electron chi connectivity index (χ3n) is 2.97. The van der Waals surface area contributed by atoms with Crippen LogP contribution in [0.2, 0.25) is 0 Å². The van der Waals surface area contributed by atoms with Crippen LogP contribution >= 0.6 is 11.3 Å². The highest BCUT2D eigenvalue weighted by molar-refractivity contribution is 7.15. The highest BCUT2D eigenvalue weighted by atomic mass is 32.1. The highest BCUT2D eigenvalue weighted by Crippen LogP contribution is 2.29. The van der Waals surface area contributed by atoms with Crippen LogP contribution in [0.4, 0.5) is 10.8 Å². The summed E-state index contributed by atoms with van der Waals surface area (Å²) in [6.07, 6.45) is 1.94. The van der Waals surface area contributed by atoms with E-state index in [1.165, 1.54) is 4.88 Å². The number of ether oxygens (including phenoxy) is 1. The molecule has 1 heterocycles. The molecule has 2 rings (SSSR count). The van der Waals surface area contributed by atoms with Crippen molar-refractivity contribution in [2.75, 3.05) is 19.1 Å². The van der Waals surface area contributed by atoms with E-state index in [0.717, 1.165) is 23.1 Å². The Morgan fingerprint density at radius 3 is 2.60 bits per heavy atom. The van der Waals surface area contributed by atoms with E-state index in [2.05, 4.69) is 29.0 Å². The van der Waals surface area contributed by atoms with Crippen molar-refractivity contribution in [3.63, 3.8) is 0 Å². The molecule has 108 valence electrons. The second-order valence-corrected chi connectivity index (χ2v) is 6.00. The van der Waals surface area contributed by atoms with Crippen LogP contribution in [0.25, 0.3) is 0 Å². The average Bonchev–Trinajstić information content (AvgIpc) is 2.93. The van der Waals surface area contributed by atoms with E-state index in [1.807, 2.05) is 37.5 Å². The molecule has 0 spiro atoms. The van der Waals surface area contributed by atoms with Gasteiger partial charge in [-0.25, -0.2) is 4.98 Å². The first kappa shape index (κ1) is 14.8. The average molecular weight is 291 g/mol. The molecule has 0 atom stereocenters. The summed E-state index contributed by atoms with van der Waals surface area (Å²) in [7, 11) is 3.70. The van der Waals surface area contributed by atoms with Crippen LogP contribution in [0, 0.1) is 0 Å². The predicted octanol–water partition coefficient (Wildman–Crippen LogP) is 3.42. The Kier molecular flexibility index (Phi) is 4.98. The number of benzene rings is 1. The zero-order valence-electron chi connectivity index (χ0n) is 12.4. The molecule has 20 heavy (non-hydrogen) atoms. The minimum absolute atomic E-state index is 0.486. The van der Waals surface area contributed by atoms with E-state index >= 15 is 0 Å². The molecule has 0 saturated carbocycles. The summed E-state index contributed by atoms with van der Waals surface area (Å²) < 4.78 is 5.17. The largest absolute Gasteiger partial charge is 0.497 e. The molecule has 0 aliphatic heterocycles. The van der Waals surface area contributed by atoms with Crippen LogP contribution in [-0.4, -0.2) is 25.2 Å². The molecule has 0 saturated heterocycles. The smallest absolute Gasteiger partial charge is 0.189 e. The Balaban J connectivity index is 2.06. The van der Waals surface area contributed by atoms with Gasteiger partial charge in [0.2, 0.25) is 0 Å². The number of hydrogen-bond acceptors (Lipinski definition) is 5. The predicted molar refractivity (Wildman–Crippen MR) is 85.1 cm³/mol. The van der Waals surface area contributed by atoms with Gasteiger partial charge in [0.25, 0.3) is 0 Å². The normalized spacial score (nSPS) is 10.8. The Morgan fingerprint density at radius 1 is 1.30 bits per heavy atom. The van der Waals surface area contributed by atoms with Crippen molar-refractivity contribution in [2.45, 2.75) is 26.4 Å². The van der Waals surface area contributed by atoms with Crippen LogP contribution in [0.1, 0.15) is 18.7 Å². The fraction of sp³-hybridized carbons (Fsp3) is 0.400. The lowest BCUT2D eigenvalue weighted by Crippen LogP contribution is -2.21. The Morgan fingerprint density at radius 2 is 2.00 bits per heavy atom. The van der Waals surface area contributed by atoms with E-state index < -0.39 is 0 Å². The molecule has 0 aliphatic rings. The molecule has 0 amide bonds. The van der Waals surface area contributed by atoms with Gasteiger partial charge in [-0.1, -0.05) is 13.8 Å². The maximum absolute atomic E-state index is 5.17. The number of methoxy groups -OCH3 is 1. The van der Waals surface area contributed by atoms with Gasteiger partial charge >= 0.3 is 0 Å². The summed E-state index contributed by atoms with van der Waals surface area (Å²) in [5.41, 5.74) is 1.10. The maximum Gasteiger partial charge on any atom is 0.189 e. The first-order chi connectivity index (χ1) is 9.60. The summed E-state index contributed by atoms with van der Waals surface area (Å²) in [5.74, 6) is 0.864. The van der Waals surface area contributed by atoms with E-state index in [1.54, 1.807) is 18.4 Å².